The smallest absolute Gasteiger partial charge is 0.204 e. The second-order valence-electron chi connectivity index (χ2n) is 7.88. The van der Waals surface area contributed by atoms with Crippen LogP contribution in [-0.2, 0) is 9.53 Å². The quantitative estimate of drug-likeness (QED) is 0.338. The molecule has 3 aromatic rings. The number of aliphatic hydroxyl groups is 3. The summed E-state index contributed by atoms with van der Waals surface area (Å²) in [7, 11) is 5.80. The van der Waals surface area contributed by atoms with Gasteiger partial charge in [0.2, 0.25) is 6.41 Å². The van der Waals surface area contributed by atoms with E-state index in [9.17, 15) is 20.1 Å². The fraction of sp³-hybridized carbons (Fsp3) is 0.360. The molecular weight excluding hydrogens is 490 g/mol. The number of hydrogen-bond donors (Lipinski definition) is 4. The summed E-state index contributed by atoms with van der Waals surface area (Å²) in [4.78, 5) is 21.8. The molecule has 0 bridgehead atoms. The van der Waals surface area contributed by atoms with E-state index in [1.54, 1.807) is 18.2 Å². The molecule has 1 aromatic heterocycles. The number of aliphatic hydroxyl groups excluding tert-OH is 3. The number of ether oxygens (including phenoxy) is 5. The van der Waals surface area contributed by atoms with Crippen molar-refractivity contribution in [2.75, 3.05) is 35.0 Å². The molecule has 4 rings (SSSR count). The van der Waals surface area contributed by atoms with E-state index >= 15 is 0 Å². The van der Waals surface area contributed by atoms with Gasteiger partial charge >= 0.3 is 0 Å². The van der Waals surface area contributed by atoms with Crippen LogP contribution in [0.2, 0.25) is 0 Å². The minimum absolute atomic E-state index is 0.0783. The molecule has 2 heterocycles. The van der Waals surface area contributed by atoms with Crippen molar-refractivity contribution in [3.8, 4) is 34.3 Å². The van der Waals surface area contributed by atoms with Gasteiger partial charge in [0.05, 0.1) is 40.6 Å². The Morgan fingerprint density at radius 3 is 2.16 bits per heavy atom. The molecule has 1 amide bonds. The van der Waals surface area contributed by atoms with Crippen molar-refractivity contribution in [2.45, 2.75) is 24.4 Å². The Bertz CT molecular complexity index is 1310. The number of fused-ring (bicyclic) bond motifs is 1. The van der Waals surface area contributed by atoms with E-state index in [4.69, 9.17) is 32.9 Å². The molecule has 1 saturated heterocycles. The molecular formula is C25H29NO11. The first-order valence-electron chi connectivity index (χ1n) is 11.0. The fourth-order valence-electron chi connectivity index (χ4n) is 4.12. The Morgan fingerprint density at radius 2 is 1.57 bits per heavy atom. The second-order valence-corrected chi connectivity index (χ2v) is 7.88. The lowest BCUT2D eigenvalue weighted by molar-refractivity contribution is -0.189. The highest BCUT2D eigenvalue weighted by Gasteiger charge is 2.41. The maximum atomic E-state index is 13.2. The molecule has 0 spiro atoms. The van der Waals surface area contributed by atoms with Crippen molar-refractivity contribution < 1.29 is 48.2 Å². The highest BCUT2D eigenvalue weighted by atomic mass is 16.5. The van der Waals surface area contributed by atoms with E-state index in [-0.39, 0.29) is 46.8 Å². The maximum Gasteiger partial charge on any atom is 0.204 e. The number of primary amides is 1. The van der Waals surface area contributed by atoms with Crippen molar-refractivity contribution >= 4 is 17.4 Å². The third kappa shape index (κ3) is 5.32. The molecule has 0 aliphatic carbocycles. The number of amides is 1. The van der Waals surface area contributed by atoms with Crippen molar-refractivity contribution in [3.05, 3.63) is 46.1 Å². The second kappa shape index (κ2) is 11.9. The van der Waals surface area contributed by atoms with Crippen LogP contribution < -0.4 is 30.1 Å². The Morgan fingerprint density at radius 1 is 0.919 bits per heavy atom. The van der Waals surface area contributed by atoms with Gasteiger partial charge in [-0.3, -0.25) is 9.59 Å². The van der Waals surface area contributed by atoms with E-state index in [1.165, 1.54) is 40.6 Å². The average Bonchev–Trinajstić information content (AvgIpc) is 2.90. The molecule has 0 unspecified atom stereocenters. The normalized spacial score (nSPS) is 20.9. The number of carbonyl (C=O) groups excluding carboxylic acids is 1. The number of rotatable bonds is 6. The zero-order valence-corrected chi connectivity index (χ0v) is 20.7. The van der Waals surface area contributed by atoms with Crippen LogP contribution in [0.1, 0.15) is 11.7 Å². The van der Waals surface area contributed by atoms with Gasteiger partial charge in [0.15, 0.2) is 16.9 Å². The third-order valence-corrected chi connectivity index (χ3v) is 5.85. The lowest BCUT2D eigenvalue weighted by Gasteiger charge is -2.36. The summed E-state index contributed by atoms with van der Waals surface area (Å²) < 4.78 is 33.3. The van der Waals surface area contributed by atoms with E-state index in [1.807, 2.05) is 0 Å². The summed E-state index contributed by atoms with van der Waals surface area (Å²) in [5, 5.41) is 30.6. The van der Waals surface area contributed by atoms with Gasteiger partial charge in [-0.25, -0.2) is 0 Å². The minimum atomic E-state index is -1.48. The van der Waals surface area contributed by atoms with Gasteiger partial charge < -0.3 is 49.2 Å². The van der Waals surface area contributed by atoms with Gasteiger partial charge in [-0.15, -0.1) is 0 Å². The Labute approximate surface area is 211 Å². The van der Waals surface area contributed by atoms with E-state index in [0.29, 0.717) is 17.1 Å². The van der Waals surface area contributed by atoms with Crippen LogP contribution >= 0.6 is 0 Å². The number of benzene rings is 2. The van der Waals surface area contributed by atoms with Crippen LogP contribution in [0.15, 0.2) is 39.5 Å². The van der Waals surface area contributed by atoms with E-state index < -0.39 is 29.8 Å². The molecule has 1 aliphatic heterocycles. The number of carbonyl (C=O) groups is 1. The summed E-state index contributed by atoms with van der Waals surface area (Å²) in [6.07, 6.45) is -5.05. The topological polar surface area (TPSA) is 180 Å². The van der Waals surface area contributed by atoms with Gasteiger partial charge in [-0.05, 0) is 18.2 Å². The molecule has 0 radical (unpaired) electrons. The van der Waals surface area contributed by atoms with E-state index in [0.717, 1.165) is 0 Å². The zero-order valence-electron chi connectivity index (χ0n) is 20.7. The van der Waals surface area contributed by atoms with Gasteiger partial charge in [-0.1, -0.05) is 0 Å². The molecule has 2 aromatic carbocycles. The summed E-state index contributed by atoms with van der Waals surface area (Å²) in [5.41, 5.74) is 4.75. The van der Waals surface area contributed by atoms with Crippen molar-refractivity contribution in [1.82, 2.24) is 0 Å². The molecule has 5 N–H and O–H groups in total. The SMILES string of the molecule is COc1ccc(-c2cc(=O)c3c(OC)c([C@@H]4OC[C@H](O)[C@@H](O)[C@H]4O)c(OC)cc3o2)cc1OC.NC=O. The van der Waals surface area contributed by atoms with Crippen LogP contribution in [0, 0.1) is 0 Å². The van der Waals surface area contributed by atoms with Gasteiger partial charge in [0.1, 0.15) is 52.6 Å². The van der Waals surface area contributed by atoms with Crippen LogP contribution in [0.4, 0.5) is 0 Å². The number of methoxy groups -OCH3 is 4. The first-order chi connectivity index (χ1) is 17.8. The van der Waals surface area contributed by atoms with Gasteiger partial charge in [-0.2, -0.15) is 0 Å². The highest BCUT2D eigenvalue weighted by Crippen LogP contribution is 2.44. The summed E-state index contributed by atoms with van der Waals surface area (Å²) >= 11 is 0. The molecule has 12 heteroatoms. The first-order valence-corrected chi connectivity index (χ1v) is 11.0. The Kier molecular flexibility index (Phi) is 8.95. The van der Waals surface area contributed by atoms with Crippen LogP contribution in [-0.4, -0.2) is 75.1 Å². The molecule has 200 valence electrons. The zero-order chi connectivity index (χ0) is 27.3. The van der Waals surface area contributed by atoms with Gasteiger partial charge in [0.25, 0.3) is 0 Å². The molecule has 12 nitrogen and oxygen atoms in total. The predicted molar refractivity (Wildman–Crippen MR) is 131 cm³/mol. The largest absolute Gasteiger partial charge is 0.496 e. The summed E-state index contributed by atoms with van der Waals surface area (Å²) in [6.45, 7) is -0.222. The van der Waals surface area contributed by atoms with Crippen LogP contribution in [0.5, 0.6) is 23.0 Å². The van der Waals surface area contributed by atoms with E-state index in [2.05, 4.69) is 5.73 Å². The number of hydrogen-bond acceptors (Lipinski definition) is 11. The van der Waals surface area contributed by atoms with Crippen molar-refractivity contribution in [2.24, 2.45) is 5.73 Å². The van der Waals surface area contributed by atoms with Crippen molar-refractivity contribution in [3.63, 3.8) is 0 Å². The monoisotopic (exact) mass is 519 g/mol. The molecule has 4 atom stereocenters. The third-order valence-electron chi connectivity index (χ3n) is 5.85. The van der Waals surface area contributed by atoms with Crippen LogP contribution in [0.3, 0.4) is 0 Å². The Balaban J connectivity index is 0.00000121. The summed E-state index contributed by atoms with van der Waals surface area (Å²) in [5.74, 6) is 1.57. The average molecular weight is 520 g/mol. The predicted octanol–water partition coefficient (Wildman–Crippen LogP) is 0.750. The lowest BCUT2D eigenvalue weighted by atomic mass is 9.92. The summed E-state index contributed by atoms with van der Waals surface area (Å²) in [6, 6.07) is 7.92. The molecule has 1 aliphatic rings. The maximum absolute atomic E-state index is 13.2. The first kappa shape index (κ1) is 27.7. The molecule has 1 fully saturated rings. The minimum Gasteiger partial charge on any atom is -0.496 e. The van der Waals surface area contributed by atoms with Crippen LogP contribution in [0.25, 0.3) is 22.3 Å². The highest BCUT2D eigenvalue weighted by molar-refractivity contribution is 5.89. The standard InChI is InChI=1S/C24H26O10.CH3NO/c1-29-14-6-5-11(7-16(14)30-2)15-8-12(25)19-18(34-15)9-17(31-3)20(23(19)32-4)24-22(28)21(27)13(26)10-33-24;2-1-3/h5-9,13,21-22,24,26-28H,10H2,1-4H3;1H,(H2,2,3)/t13-,21+,22+,24-;/m0./s1. The molecule has 0 saturated carbocycles. The fourth-order valence-corrected chi connectivity index (χ4v) is 4.12. The number of nitrogens with two attached hydrogens (primary N) is 1. The van der Waals surface area contributed by atoms with Crippen molar-refractivity contribution in [1.29, 1.82) is 0 Å². The lowest BCUT2D eigenvalue weighted by Crippen LogP contribution is -2.49. The van der Waals surface area contributed by atoms with Gasteiger partial charge in [0, 0.05) is 17.7 Å². The Hall–Kier alpha value is -3.84. The molecule has 37 heavy (non-hydrogen) atoms.